The Bertz CT molecular complexity index is 730. The van der Waals surface area contributed by atoms with Crippen LogP contribution in [0.1, 0.15) is 39.0 Å². The van der Waals surface area contributed by atoms with Crippen LogP contribution in [-0.4, -0.2) is 4.57 Å². The number of halogens is 2. The van der Waals surface area contributed by atoms with E-state index >= 15 is 0 Å². The molecule has 0 atom stereocenters. The van der Waals surface area contributed by atoms with Crippen LogP contribution in [0.2, 0.25) is 0 Å². The van der Waals surface area contributed by atoms with Crippen molar-refractivity contribution in [2.24, 2.45) is 0 Å². The SMILES string of the molecule is CCCCCCCn1c2ccc(I)cc2c2cc(I)ccc21. The van der Waals surface area contributed by atoms with Crippen molar-refractivity contribution < 1.29 is 0 Å². The lowest BCUT2D eigenvalue weighted by atomic mass is 10.1. The number of unbranched alkanes of at least 4 members (excludes halogenated alkanes) is 4. The molecule has 1 heterocycles. The highest BCUT2D eigenvalue weighted by molar-refractivity contribution is 14.1. The molecular formula is C19H21I2N. The molecule has 0 N–H and O–H groups in total. The summed E-state index contributed by atoms with van der Waals surface area (Å²) in [4.78, 5) is 0. The van der Waals surface area contributed by atoms with Gasteiger partial charge in [0.2, 0.25) is 0 Å². The average Bonchev–Trinajstić information content (AvgIpc) is 2.80. The number of nitrogens with zero attached hydrogens (tertiary/aromatic N) is 1. The molecule has 0 aliphatic rings. The first-order chi connectivity index (χ1) is 10.7. The van der Waals surface area contributed by atoms with Gasteiger partial charge >= 0.3 is 0 Å². The standard InChI is InChI=1S/C19H21I2N/c1-2-3-4-5-6-11-22-18-9-7-14(20)12-16(18)17-13-15(21)8-10-19(17)22/h7-10,12-13H,2-6,11H2,1H3. The quantitative estimate of drug-likeness (QED) is 0.246. The van der Waals surface area contributed by atoms with Crippen molar-refractivity contribution in [1.82, 2.24) is 4.57 Å². The van der Waals surface area contributed by atoms with Crippen LogP contribution >= 0.6 is 45.2 Å². The van der Waals surface area contributed by atoms with Crippen LogP contribution in [0.25, 0.3) is 21.8 Å². The van der Waals surface area contributed by atoms with E-state index in [0.717, 1.165) is 6.54 Å². The van der Waals surface area contributed by atoms with Gasteiger partial charge in [-0.3, -0.25) is 0 Å². The molecule has 0 unspecified atom stereocenters. The van der Waals surface area contributed by atoms with Crippen molar-refractivity contribution in [2.45, 2.75) is 45.6 Å². The predicted octanol–water partition coefficient (Wildman–Crippen LogP) is 6.97. The maximum absolute atomic E-state index is 2.52. The molecule has 0 radical (unpaired) electrons. The molecule has 3 rings (SSSR count). The van der Waals surface area contributed by atoms with E-state index in [1.54, 1.807) is 0 Å². The topological polar surface area (TPSA) is 4.93 Å². The molecule has 3 heteroatoms. The van der Waals surface area contributed by atoms with E-state index in [-0.39, 0.29) is 0 Å². The number of rotatable bonds is 6. The second-order valence-electron chi connectivity index (χ2n) is 5.89. The molecule has 2 aromatic carbocycles. The van der Waals surface area contributed by atoms with E-state index in [9.17, 15) is 0 Å². The molecule has 1 nitrogen and oxygen atoms in total. The average molecular weight is 517 g/mol. The minimum atomic E-state index is 1.13. The number of fused-ring (bicyclic) bond motifs is 3. The molecule has 3 aromatic rings. The number of hydrogen-bond acceptors (Lipinski definition) is 0. The Hall–Kier alpha value is -0.300. The van der Waals surface area contributed by atoms with Gasteiger partial charge in [-0.25, -0.2) is 0 Å². The van der Waals surface area contributed by atoms with Crippen molar-refractivity contribution in [3.05, 3.63) is 43.5 Å². The third-order valence-corrected chi connectivity index (χ3v) is 5.62. The maximum Gasteiger partial charge on any atom is 0.0492 e. The fraction of sp³-hybridized carbons (Fsp3) is 0.368. The zero-order chi connectivity index (χ0) is 15.5. The first kappa shape index (κ1) is 16.6. The van der Waals surface area contributed by atoms with Crippen molar-refractivity contribution in [3.63, 3.8) is 0 Å². The molecule has 0 aliphatic heterocycles. The van der Waals surface area contributed by atoms with Gasteiger partial charge in [0.15, 0.2) is 0 Å². The third kappa shape index (κ3) is 3.45. The van der Waals surface area contributed by atoms with E-state index in [2.05, 4.69) is 93.1 Å². The van der Waals surface area contributed by atoms with Gasteiger partial charge in [-0.1, -0.05) is 32.6 Å². The Morgan fingerprint density at radius 3 is 1.86 bits per heavy atom. The normalized spacial score (nSPS) is 11.6. The monoisotopic (exact) mass is 517 g/mol. The van der Waals surface area contributed by atoms with Gasteiger partial charge in [-0.2, -0.15) is 0 Å². The van der Waals surface area contributed by atoms with Crippen molar-refractivity contribution >= 4 is 67.0 Å². The second kappa shape index (κ2) is 7.51. The molecule has 0 aliphatic carbocycles. The summed E-state index contributed by atoms with van der Waals surface area (Å²) in [6, 6.07) is 13.7. The lowest BCUT2D eigenvalue weighted by Gasteiger charge is -2.07. The van der Waals surface area contributed by atoms with E-state index in [0.29, 0.717) is 0 Å². The molecular weight excluding hydrogens is 496 g/mol. The van der Waals surface area contributed by atoms with Crippen LogP contribution in [0.3, 0.4) is 0 Å². The summed E-state index contributed by atoms with van der Waals surface area (Å²) >= 11 is 4.82. The van der Waals surface area contributed by atoms with Gasteiger partial charge in [0, 0.05) is 35.5 Å². The number of aryl methyl sites for hydroxylation is 1. The van der Waals surface area contributed by atoms with Crippen LogP contribution in [0.15, 0.2) is 36.4 Å². The zero-order valence-electron chi connectivity index (χ0n) is 12.9. The predicted molar refractivity (Wildman–Crippen MR) is 114 cm³/mol. The first-order valence-corrected chi connectivity index (χ1v) is 10.2. The Labute approximate surface area is 159 Å². The van der Waals surface area contributed by atoms with Crippen molar-refractivity contribution in [3.8, 4) is 0 Å². The molecule has 0 spiro atoms. The molecule has 116 valence electrons. The maximum atomic E-state index is 2.52. The smallest absolute Gasteiger partial charge is 0.0492 e. The Kier molecular flexibility index (Phi) is 5.65. The molecule has 0 amide bonds. The minimum absolute atomic E-state index is 1.13. The summed E-state index contributed by atoms with van der Waals surface area (Å²) in [5.41, 5.74) is 2.76. The van der Waals surface area contributed by atoms with Gasteiger partial charge in [-0.15, -0.1) is 0 Å². The van der Waals surface area contributed by atoms with Crippen molar-refractivity contribution in [1.29, 1.82) is 0 Å². The fourth-order valence-corrected chi connectivity index (χ4v) is 4.15. The molecule has 0 bridgehead atoms. The van der Waals surface area contributed by atoms with Gasteiger partial charge in [0.1, 0.15) is 0 Å². The van der Waals surface area contributed by atoms with Gasteiger partial charge in [0.05, 0.1) is 0 Å². The first-order valence-electron chi connectivity index (χ1n) is 8.07. The highest BCUT2D eigenvalue weighted by Crippen LogP contribution is 2.31. The lowest BCUT2D eigenvalue weighted by Crippen LogP contribution is -1.97. The van der Waals surface area contributed by atoms with E-state index < -0.39 is 0 Å². The fourth-order valence-electron chi connectivity index (χ4n) is 3.16. The van der Waals surface area contributed by atoms with Crippen LogP contribution in [0, 0.1) is 7.14 Å². The summed E-state index contributed by atoms with van der Waals surface area (Å²) < 4.78 is 5.14. The second-order valence-corrected chi connectivity index (χ2v) is 8.38. The van der Waals surface area contributed by atoms with Crippen LogP contribution in [-0.2, 0) is 6.54 Å². The van der Waals surface area contributed by atoms with Gasteiger partial charge in [0.25, 0.3) is 0 Å². The number of aromatic nitrogens is 1. The van der Waals surface area contributed by atoms with Gasteiger partial charge < -0.3 is 4.57 Å². The van der Waals surface area contributed by atoms with Gasteiger partial charge in [-0.05, 0) is 88.0 Å². The highest BCUT2D eigenvalue weighted by Gasteiger charge is 2.11. The summed E-state index contributed by atoms with van der Waals surface area (Å²) in [6.07, 6.45) is 6.65. The summed E-state index contributed by atoms with van der Waals surface area (Å²) in [5.74, 6) is 0. The Morgan fingerprint density at radius 2 is 1.32 bits per heavy atom. The zero-order valence-corrected chi connectivity index (χ0v) is 17.2. The molecule has 0 fully saturated rings. The van der Waals surface area contributed by atoms with Crippen LogP contribution < -0.4 is 0 Å². The molecule has 1 aromatic heterocycles. The summed E-state index contributed by atoms with van der Waals surface area (Å²) in [7, 11) is 0. The van der Waals surface area contributed by atoms with E-state index in [1.807, 2.05) is 0 Å². The summed E-state index contributed by atoms with van der Waals surface area (Å²) in [5, 5.41) is 2.79. The molecule has 22 heavy (non-hydrogen) atoms. The Morgan fingerprint density at radius 1 is 0.773 bits per heavy atom. The summed E-state index contributed by atoms with van der Waals surface area (Å²) in [6.45, 7) is 3.40. The number of benzene rings is 2. The minimum Gasteiger partial charge on any atom is -0.340 e. The highest BCUT2D eigenvalue weighted by atomic mass is 127. The number of hydrogen-bond donors (Lipinski definition) is 0. The van der Waals surface area contributed by atoms with Crippen molar-refractivity contribution in [2.75, 3.05) is 0 Å². The Balaban J connectivity index is 1.99. The molecule has 0 saturated heterocycles. The van der Waals surface area contributed by atoms with E-state index in [1.165, 1.54) is 61.1 Å². The van der Waals surface area contributed by atoms with E-state index in [4.69, 9.17) is 0 Å². The van der Waals surface area contributed by atoms with Crippen LogP contribution in [0.5, 0.6) is 0 Å². The van der Waals surface area contributed by atoms with Crippen LogP contribution in [0.4, 0.5) is 0 Å². The lowest BCUT2D eigenvalue weighted by molar-refractivity contribution is 0.584. The molecule has 0 saturated carbocycles. The third-order valence-electron chi connectivity index (χ3n) is 4.27. The largest absolute Gasteiger partial charge is 0.340 e.